The summed E-state index contributed by atoms with van der Waals surface area (Å²) in [4.78, 5) is 30.7. The van der Waals surface area contributed by atoms with Crippen LogP contribution in [-0.2, 0) is 0 Å². The maximum atomic E-state index is 12.0. The zero-order valence-electron chi connectivity index (χ0n) is 10.1. The molecular formula is C13H11N3O3. The lowest BCUT2D eigenvalue weighted by Crippen LogP contribution is -2.16. The van der Waals surface area contributed by atoms with Crippen LogP contribution in [0.15, 0.2) is 36.8 Å². The number of pyridine rings is 2. The average molecular weight is 257 g/mol. The SMILES string of the molecule is Cc1cncc(C(=O)Nc2ncccc2C(=O)O)c1. The predicted molar refractivity (Wildman–Crippen MR) is 68.1 cm³/mol. The molecule has 2 heterocycles. The number of nitrogens with one attached hydrogen (secondary N) is 1. The molecule has 2 rings (SSSR count). The Labute approximate surface area is 109 Å². The number of amides is 1. The fourth-order valence-electron chi connectivity index (χ4n) is 1.54. The molecule has 1 amide bonds. The van der Waals surface area contributed by atoms with Gasteiger partial charge < -0.3 is 10.4 Å². The lowest BCUT2D eigenvalue weighted by Gasteiger charge is -2.07. The Morgan fingerprint density at radius 2 is 2.11 bits per heavy atom. The van der Waals surface area contributed by atoms with E-state index >= 15 is 0 Å². The van der Waals surface area contributed by atoms with Crippen LogP contribution in [0.1, 0.15) is 26.3 Å². The lowest BCUT2D eigenvalue weighted by atomic mass is 10.2. The van der Waals surface area contributed by atoms with E-state index in [9.17, 15) is 9.59 Å². The molecule has 0 fully saturated rings. The molecule has 0 radical (unpaired) electrons. The summed E-state index contributed by atoms with van der Waals surface area (Å²) >= 11 is 0. The van der Waals surface area contributed by atoms with E-state index in [0.717, 1.165) is 5.56 Å². The monoisotopic (exact) mass is 257 g/mol. The van der Waals surface area contributed by atoms with Crippen molar-refractivity contribution in [3.8, 4) is 0 Å². The second-order valence-corrected chi connectivity index (χ2v) is 3.91. The summed E-state index contributed by atoms with van der Waals surface area (Å²) < 4.78 is 0. The maximum Gasteiger partial charge on any atom is 0.339 e. The molecule has 2 aromatic rings. The van der Waals surface area contributed by atoms with Crippen molar-refractivity contribution >= 4 is 17.7 Å². The first-order valence-corrected chi connectivity index (χ1v) is 5.49. The van der Waals surface area contributed by atoms with Gasteiger partial charge in [0.2, 0.25) is 0 Å². The van der Waals surface area contributed by atoms with Crippen molar-refractivity contribution in [1.29, 1.82) is 0 Å². The minimum absolute atomic E-state index is 0.0153. The number of carbonyl (C=O) groups is 2. The first kappa shape index (κ1) is 12.7. The lowest BCUT2D eigenvalue weighted by molar-refractivity contribution is 0.0697. The molecule has 2 N–H and O–H groups in total. The second-order valence-electron chi connectivity index (χ2n) is 3.91. The van der Waals surface area contributed by atoms with E-state index in [1.54, 1.807) is 12.3 Å². The van der Waals surface area contributed by atoms with Gasteiger partial charge in [0.05, 0.1) is 5.56 Å². The van der Waals surface area contributed by atoms with Crippen LogP contribution in [0.2, 0.25) is 0 Å². The molecule has 6 heteroatoms. The highest BCUT2D eigenvalue weighted by Gasteiger charge is 2.14. The normalized spacial score (nSPS) is 9.95. The minimum atomic E-state index is -1.15. The molecule has 0 saturated carbocycles. The molecule has 0 bridgehead atoms. The first-order chi connectivity index (χ1) is 9.08. The van der Waals surface area contributed by atoms with Crippen LogP contribution in [0.3, 0.4) is 0 Å². The van der Waals surface area contributed by atoms with Gasteiger partial charge in [-0.3, -0.25) is 9.78 Å². The van der Waals surface area contributed by atoms with Gasteiger partial charge in [-0.1, -0.05) is 0 Å². The van der Waals surface area contributed by atoms with Gasteiger partial charge in [0.1, 0.15) is 11.4 Å². The topological polar surface area (TPSA) is 92.2 Å². The Balaban J connectivity index is 2.27. The molecule has 0 spiro atoms. The summed E-state index contributed by atoms with van der Waals surface area (Å²) in [6, 6.07) is 4.53. The third-order valence-electron chi connectivity index (χ3n) is 2.41. The van der Waals surface area contributed by atoms with E-state index in [4.69, 9.17) is 5.11 Å². The predicted octanol–water partition coefficient (Wildman–Crippen LogP) is 1.74. The van der Waals surface area contributed by atoms with Crippen LogP contribution in [-0.4, -0.2) is 27.0 Å². The number of aromatic carboxylic acids is 1. The number of aromatic nitrogens is 2. The number of anilines is 1. The third-order valence-corrected chi connectivity index (χ3v) is 2.41. The van der Waals surface area contributed by atoms with Gasteiger partial charge in [0.25, 0.3) is 5.91 Å². The summed E-state index contributed by atoms with van der Waals surface area (Å²) in [7, 11) is 0. The smallest absolute Gasteiger partial charge is 0.339 e. The average Bonchev–Trinajstić information content (AvgIpc) is 2.39. The highest BCUT2D eigenvalue weighted by molar-refractivity contribution is 6.06. The van der Waals surface area contributed by atoms with E-state index in [-0.39, 0.29) is 11.4 Å². The summed E-state index contributed by atoms with van der Waals surface area (Å²) in [5, 5.41) is 11.5. The second kappa shape index (κ2) is 5.26. The zero-order valence-corrected chi connectivity index (χ0v) is 10.1. The van der Waals surface area contributed by atoms with Crippen molar-refractivity contribution in [2.24, 2.45) is 0 Å². The van der Waals surface area contributed by atoms with Crippen LogP contribution in [0.25, 0.3) is 0 Å². The van der Waals surface area contributed by atoms with Crippen molar-refractivity contribution in [3.63, 3.8) is 0 Å². The molecule has 19 heavy (non-hydrogen) atoms. The molecule has 0 aromatic carbocycles. The van der Waals surface area contributed by atoms with Crippen molar-refractivity contribution in [2.45, 2.75) is 6.92 Å². The Morgan fingerprint density at radius 1 is 1.32 bits per heavy atom. The van der Waals surface area contributed by atoms with Gasteiger partial charge in [0.15, 0.2) is 0 Å². The van der Waals surface area contributed by atoms with Gasteiger partial charge in [-0.25, -0.2) is 9.78 Å². The third kappa shape index (κ3) is 2.92. The molecule has 0 saturated heterocycles. The van der Waals surface area contributed by atoms with Crippen LogP contribution in [0.5, 0.6) is 0 Å². The van der Waals surface area contributed by atoms with E-state index < -0.39 is 11.9 Å². The van der Waals surface area contributed by atoms with Crippen molar-refractivity contribution in [3.05, 3.63) is 53.5 Å². The quantitative estimate of drug-likeness (QED) is 0.873. The van der Waals surface area contributed by atoms with E-state index in [2.05, 4.69) is 15.3 Å². The molecule has 96 valence electrons. The molecule has 6 nitrogen and oxygen atoms in total. The summed E-state index contributed by atoms with van der Waals surface area (Å²) in [6.07, 6.45) is 4.45. The number of carboxylic acids is 1. The van der Waals surface area contributed by atoms with Crippen molar-refractivity contribution < 1.29 is 14.7 Å². The van der Waals surface area contributed by atoms with Crippen LogP contribution in [0.4, 0.5) is 5.82 Å². The van der Waals surface area contributed by atoms with Gasteiger partial charge in [-0.2, -0.15) is 0 Å². The Hall–Kier alpha value is -2.76. The van der Waals surface area contributed by atoms with Crippen molar-refractivity contribution in [1.82, 2.24) is 9.97 Å². The maximum absolute atomic E-state index is 12.0. The van der Waals surface area contributed by atoms with Crippen LogP contribution >= 0.6 is 0 Å². The summed E-state index contributed by atoms with van der Waals surface area (Å²) in [6.45, 7) is 1.81. The Kier molecular flexibility index (Phi) is 3.51. The van der Waals surface area contributed by atoms with Gasteiger partial charge in [-0.15, -0.1) is 0 Å². The molecule has 0 aliphatic rings. The van der Waals surface area contributed by atoms with Gasteiger partial charge >= 0.3 is 5.97 Å². The number of nitrogens with zero attached hydrogens (tertiary/aromatic N) is 2. The number of hydrogen-bond donors (Lipinski definition) is 2. The number of carbonyl (C=O) groups excluding carboxylic acids is 1. The Morgan fingerprint density at radius 3 is 2.79 bits per heavy atom. The highest BCUT2D eigenvalue weighted by Crippen LogP contribution is 2.13. The van der Waals surface area contributed by atoms with Gasteiger partial charge in [0, 0.05) is 18.6 Å². The van der Waals surface area contributed by atoms with Crippen LogP contribution < -0.4 is 5.32 Å². The number of carboxylic acid groups (broad SMARTS) is 1. The summed E-state index contributed by atoms with van der Waals surface area (Å²) in [5.74, 6) is -1.58. The van der Waals surface area contributed by atoms with E-state index in [1.807, 2.05) is 6.92 Å². The minimum Gasteiger partial charge on any atom is -0.478 e. The molecule has 0 aliphatic heterocycles. The van der Waals surface area contributed by atoms with E-state index in [0.29, 0.717) is 5.56 Å². The zero-order chi connectivity index (χ0) is 13.8. The first-order valence-electron chi connectivity index (χ1n) is 5.49. The molecule has 0 aliphatic carbocycles. The molecule has 0 unspecified atom stereocenters. The summed E-state index contributed by atoms with van der Waals surface area (Å²) in [5.41, 5.74) is 1.13. The fourth-order valence-corrected chi connectivity index (χ4v) is 1.54. The number of hydrogen-bond acceptors (Lipinski definition) is 4. The largest absolute Gasteiger partial charge is 0.478 e. The van der Waals surface area contributed by atoms with Gasteiger partial charge in [-0.05, 0) is 30.7 Å². The van der Waals surface area contributed by atoms with E-state index in [1.165, 1.54) is 24.5 Å². The standard InChI is InChI=1S/C13H11N3O3/c1-8-5-9(7-14-6-8)12(17)16-11-10(13(18)19)3-2-4-15-11/h2-7H,1H3,(H,18,19)(H,15,16,17). The number of rotatable bonds is 3. The molecule has 2 aromatic heterocycles. The molecule has 0 atom stereocenters. The van der Waals surface area contributed by atoms with Crippen LogP contribution in [0, 0.1) is 6.92 Å². The fraction of sp³-hybridized carbons (Fsp3) is 0.0769. The number of aryl methyl sites for hydroxylation is 1. The molecular weight excluding hydrogens is 246 g/mol. The highest BCUT2D eigenvalue weighted by atomic mass is 16.4. The Bertz CT molecular complexity index is 641. The van der Waals surface area contributed by atoms with Crippen molar-refractivity contribution in [2.75, 3.05) is 5.32 Å².